The van der Waals surface area contributed by atoms with E-state index in [9.17, 15) is 4.79 Å². The number of likely N-dealkylation sites (tertiary alicyclic amines) is 2. The van der Waals surface area contributed by atoms with Gasteiger partial charge in [0.05, 0.1) is 12.5 Å². The molecule has 1 N–H and O–H groups in total. The van der Waals surface area contributed by atoms with Gasteiger partial charge in [0.2, 0.25) is 5.91 Å². The second-order valence-electron chi connectivity index (χ2n) is 7.99. The van der Waals surface area contributed by atoms with Gasteiger partial charge in [0, 0.05) is 36.4 Å². The van der Waals surface area contributed by atoms with Crippen molar-refractivity contribution in [2.45, 2.75) is 44.8 Å². The molecule has 28 heavy (non-hydrogen) atoms. The number of rotatable bonds is 6. The molecule has 150 valence electrons. The van der Waals surface area contributed by atoms with Gasteiger partial charge < -0.3 is 5.32 Å². The lowest BCUT2D eigenvalue weighted by molar-refractivity contribution is -0.127. The van der Waals surface area contributed by atoms with Gasteiger partial charge in [-0.3, -0.25) is 19.6 Å². The molecule has 4 rings (SSSR count). The number of hydrogen-bond acceptors (Lipinski definition) is 5. The molecule has 1 unspecified atom stereocenters. The third-order valence-electron chi connectivity index (χ3n) is 6.07. The van der Waals surface area contributed by atoms with Crippen LogP contribution in [0.4, 0.5) is 0 Å². The normalized spacial score (nSPS) is 22.2. The van der Waals surface area contributed by atoms with E-state index in [0.29, 0.717) is 12.6 Å². The summed E-state index contributed by atoms with van der Waals surface area (Å²) in [6.07, 6.45) is 8.31. The molecule has 5 nitrogen and oxygen atoms in total. The molecule has 0 saturated carbocycles. The lowest BCUT2D eigenvalue weighted by Gasteiger charge is -2.42. The maximum atomic E-state index is 12.6. The van der Waals surface area contributed by atoms with Crippen molar-refractivity contribution in [3.8, 4) is 0 Å². The molecule has 2 aliphatic heterocycles. The minimum atomic E-state index is 0.142. The van der Waals surface area contributed by atoms with Gasteiger partial charge in [0.1, 0.15) is 0 Å². The molecular formula is C22H30N4OS. The number of hydrogen-bond donors (Lipinski definition) is 1. The molecule has 4 heterocycles. The van der Waals surface area contributed by atoms with Crippen LogP contribution in [0.15, 0.2) is 42.0 Å². The van der Waals surface area contributed by atoms with Crippen molar-refractivity contribution in [1.82, 2.24) is 20.1 Å². The number of nitrogens with zero attached hydrogens (tertiary/aromatic N) is 3. The SMILES string of the molecule is O=C(NCc1cccs1)C1CCCN(C2CCN(Cc3ccncc3)CC2)C1. The van der Waals surface area contributed by atoms with Crippen LogP contribution in [-0.2, 0) is 17.9 Å². The van der Waals surface area contributed by atoms with Crippen molar-refractivity contribution in [3.63, 3.8) is 0 Å². The molecule has 0 aromatic carbocycles. The highest BCUT2D eigenvalue weighted by molar-refractivity contribution is 7.09. The molecule has 0 bridgehead atoms. The van der Waals surface area contributed by atoms with Crippen molar-refractivity contribution in [1.29, 1.82) is 0 Å². The predicted molar refractivity (Wildman–Crippen MR) is 113 cm³/mol. The van der Waals surface area contributed by atoms with E-state index in [1.54, 1.807) is 11.3 Å². The number of amides is 1. The van der Waals surface area contributed by atoms with Crippen molar-refractivity contribution >= 4 is 17.2 Å². The van der Waals surface area contributed by atoms with Gasteiger partial charge in [-0.15, -0.1) is 11.3 Å². The first-order chi connectivity index (χ1) is 13.8. The number of carbonyl (C=O) groups excluding carboxylic acids is 1. The van der Waals surface area contributed by atoms with Gasteiger partial charge in [0.15, 0.2) is 0 Å². The fourth-order valence-electron chi connectivity index (χ4n) is 4.47. The second kappa shape index (κ2) is 9.63. The van der Waals surface area contributed by atoms with E-state index in [1.807, 2.05) is 18.5 Å². The zero-order valence-electron chi connectivity index (χ0n) is 16.4. The second-order valence-corrected chi connectivity index (χ2v) is 9.03. The van der Waals surface area contributed by atoms with Gasteiger partial charge in [-0.2, -0.15) is 0 Å². The van der Waals surface area contributed by atoms with Gasteiger partial charge in [-0.25, -0.2) is 0 Å². The Bertz CT molecular complexity index is 728. The van der Waals surface area contributed by atoms with Gasteiger partial charge in [0.25, 0.3) is 0 Å². The lowest BCUT2D eigenvalue weighted by atomic mass is 9.93. The Labute approximate surface area is 171 Å². The molecule has 2 aliphatic rings. The first kappa shape index (κ1) is 19.6. The van der Waals surface area contributed by atoms with Crippen molar-refractivity contribution < 1.29 is 4.79 Å². The highest BCUT2D eigenvalue weighted by atomic mass is 32.1. The van der Waals surface area contributed by atoms with Crippen LogP contribution in [0.3, 0.4) is 0 Å². The van der Waals surface area contributed by atoms with Crippen molar-refractivity contribution in [3.05, 3.63) is 52.5 Å². The zero-order valence-corrected chi connectivity index (χ0v) is 17.2. The topological polar surface area (TPSA) is 48.5 Å². The number of thiophene rings is 1. The van der Waals surface area contributed by atoms with E-state index in [0.717, 1.165) is 45.6 Å². The number of pyridine rings is 1. The first-order valence-corrected chi connectivity index (χ1v) is 11.3. The van der Waals surface area contributed by atoms with Gasteiger partial charge >= 0.3 is 0 Å². The number of nitrogens with one attached hydrogen (secondary N) is 1. The monoisotopic (exact) mass is 398 g/mol. The fraction of sp³-hybridized carbons (Fsp3) is 0.545. The lowest BCUT2D eigenvalue weighted by Crippen LogP contribution is -2.50. The molecular weight excluding hydrogens is 368 g/mol. The molecule has 6 heteroatoms. The summed E-state index contributed by atoms with van der Waals surface area (Å²) in [6, 6.07) is 8.96. The number of aromatic nitrogens is 1. The Hall–Kier alpha value is -1.76. The Morgan fingerprint density at radius 2 is 1.96 bits per heavy atom. The molecule has 2 aromatic heterocycles. The van der Waals surface area contributed by atoms with E-state index < -0.39 is 0 Å². The average Bonchev–Trinajstić information content (AvgIpc) is 3.27. The summed E-state index contributed by atoms with van der Waals surface area (Å²) in [4.78, 5) is 23.1. The number of piperidine rings is 2. The van der Waals surface area contributed by atoms with Crippen LogP contribution >= 0.6 is 11.3 Å². The molecule has 2 fully saturated rings. The number of carbonyl (C=O) groups is 1. The smallest absolute Gasteiger partial charge is 0.224 e. The van der Waals surface area contributed by atoms with Crippen LogP contribution in [0.25, 0.3) is 0 Å². The fourth-order valence-corrected chi connectivity index (χ4v) is 5.12. The van der Waals surface area contributed by atoms with Crippen molar-refractivity contribution in [2.24, 2.45) is 5.92 Å². The third-order valence-corrected chi connectivity index (χ3v) is 6.95. The summed E-state index contributed by atoms with van der Waals surface area (Å²) in [5.41, 5.74) is 1.34. The maximum Gasteiger partial charge on any atom is 0.224 e. The van der Waals surface area contributed by atoms with E-state index in [2.05, 4.69) is 43.7 Å². The highest BCUT2D eigenvalue weighted by Crippen LogP contribution is 2.25. The summed E-state index contributed by atoms with van der Waals surface area (Å²) < 4.78 is 0. The van der Waals surface area contributed by atoms with E-state index >= 15 is 0 Å². The molecule has 0 spiro atoms. The Balaban J connectivity index is 1.23. The summed E-state index contributed by atoms with van der Waals surface area (Å²) in [7, 11) is 0. The first-order valence-electron chi connectivity index (χ1n) is 10.4. The van der Waals surface area contributed by atoms with Crippen LogP contribution in [0, 0.1) is 5.92 Å². The third kappa shape index (κ3) is 5.19. The maximum absolute atomic E-state index is 12.6. The summed E-state index contributed by atoms with van der Waals surface area (Å²) in [6.45, 7) is 6.02. The van der Waals surface area contributed by atoms with Crippen LogP contribution in [-0.4, -0.2) is 52.9 Å². The minimum absolute atomic E-state index is 0.142. The van der Waals surface area contributed by atoms with E-state index in [-0.39, 0.29) is 11.8 Å². The largest absolute Gasteiger partial charge is 0.351 e. The van der Waals surface area contributed by atoms with E-state index in [1.165, 1.54) is 23.3 Å². The molecule has 0 radical (unpaired) electrons. The zero-order chi connectivity index (χ0) is 19.2. The summed E-state index contributed by atoms with van der Waals surface area (Å²) in [5.74, 6) is 0.372. The Morgan fingerprint density at radius 1 is 1.14 bits per heavy atom. The Kier molecular flexibility index (Phi) is 6.73. The predicted octanol–water partition coefficient (Wildman–Crippen LogP) is 3.14. The Morgan fingerprint density at radius 3 is 2.71 bits per heavy atom. The van der Waals surface area contributed by atoms with Gasteiger partial charge in [-0.1, -0.05) is 6.07 Å². The molecule has 0 aliphatic carbocycles. The quantitative estimate of drug-likeness (QED) is 0.812. The highest BCUT2D eigenvalue weighted by Gasteiger charge is 2.31. The van der Waals surface area contributed by atoms with E-state index in [4.69, 9.17) is 0 Å². The van der Waals surface area contributed by atoms with Crippen LogP contribution in [0.5, 0.6) is 0 Å². The van der Waals surface area contributed by atoms with Crippen LogP contribution in [0.2, 0.25) is 0 Å². The molecule has 1 atom stereocenters. The average molecular weight is 399 g/mol. The standard InChI is InChI=1S/C22H30N4OS/c27-22(24-15-21-4-2-14-28-21)19-3-1-11-26(17-19)20-7-12-25(13-8-20)16-18-5-9-23-10-6-18/h2,4-6,9-10,14,19-20H,1,3,7-8,11-13,15-17H2,(H,24,27). The van der Waals surface area contributed by atoms with Crippen LogP contribution in [0.1, 0.15) is 36.1 Å². The minimum Gasteiger partial charge on any atom is -0.351 e. The van der Waals surface area contributed by atoms with Gasteiger partial charge in [-0.05, 0) is 74.5 Å². The van der Waals surface area contributed by atoms with Crippen LogP contribution < -0.4 is 5.32 Å². The molecule has 2 aromatic rings. The summed E-state index contributed by atoms with van der Waals surface area (Å²) in [5, 5.41) is 5.20. The molecule has 1 amide bonds. The van der Waals surface area contributed by atoms with Crippen molar-refractivity contribution in [2.75, 3.05) is 26.2 Å². The molecule has 2 saturated heterocycles. The summed E-state index contributed by atoms with van der Waals surface area (Å²) >= 11 is 1.70.